The van der Waals surface area contributed by atoms with Crippen LogP contribution in [0.2, 0.25) is 4.34 Å². The van der Waals surface area contributed by atoms with Crippen LogP contribution >= 0.6 is 22.9 Å². The van der Waals surface area contributed by atoms with E-state index in [4.69, 9.17) is 11.6 Å². The lowest BCUT2D eigenvalue weighted by Gasteiger charge is -2.18. The summed E-state index contributed by atoms with van der Waals surface area (Å²) in [4.78, 5) is 16.0. The molecular weight excluding hydrogens is 370 g/mol. The number of hydrogen-bond donors (Lipinski definition) is 0. The van der Waals surface area contributed by atoms with Gasteiger partial charge in [0.1, 0.15) is 0 Å². The van der Waals surface area contributed by atoms with Crippen molar-refractivity contribution in [2.45, 2.75) is 20.0 Å². The number of para-hydroxylation sites is 1. The van der Waals surface area contributed by atoms with Gasteiger partial charge in [-0.3, -0.25) is 18.7 Å². The van der Waals surface area contributed by atoms with Crippen molar-refractivity contribution in [1.29, 1.82) is 0 Å². The lowest BCUT2D eigenvalue weighted by atomic mass is 10.2. The number of nitrogens with zero attached hydrogens (tertiary/aromatic N) is 5. The van der Waals surface area contributed by atoms with E-state index in [0.717, 1.165) is 28.8 Å². The highest BCUT2D eigenvalue weighted by molar-refractivity contribution is 7.16. The zero-order valence-electron chi connectivity index (χ0n) is 14.5. The van der Waals surface area contributed by atoms with Gasteiger partial charge >= 0.3 is 0 Å². The summed E-state index contributed by atoms with van der Waals surface area (Å²) in [6, 6.07) is 11.6. The molecule has 0 atom stereocenters. The maximum atomic E-state index is 12.5. The van der Waals surface area contributed by atoms with E-state index in [0.29, 0.717) is 17.7 Å². The van der Waals surface area contributed by atoms with E-state index in [9.17, 15) is 4.79 Å². The molecule has 0 amide bonds. The Kier molecular flexibility index (Phi) is 4.52. The molecular formula is C18H18ClN5OS. The lowest BCUT2D eigenvalue weighted by Crippen LogP contribution is -2.24. The van der Waals surface area contributed by atoms with Crippen molar-refractivity contribution in [2.24, 2.45) is 7.05 Å². The number of thiophene rings is 1. The molecule has 26 heavy (non-hydrogen) atoms. The number of rotatable bonds is 5. The van der Waals surface area contributed by atoms with Crippen LogP contribution in [0, 0.1) is 0 Å². The van der Waals surface area contributed by atoms with Crippen LogP contribution in [0.1, 0.15) is 17.6 Å². The smallest absolute Gasteiger partial charge is 0.262 e. The van der Waals surface area contributed by atoms with Crippen molar-refractivity contribution in [3.63, 3.8) is 0 Å². The van der Waals surface area contributed by atoms with Crippen molar-refractivity contribution in [3.05, 3.63) is 61.8 Å². The predicted molar refractivity (Wildman–Crippen MR) is 105 cm³/mol. The Morgan fingerprint density at radius 2 is 1.96 bits per heavy atom. The number of benzene rings is 1. The fourth-order valence-electron chi connectivity index (χ4n) is 3.13. The Labute approximate surface area is 159 Å². The third kappa shape index (κ3) is 2.92. The van der Waals surface area contributed by atoms with Crippen molar-refractivity contribution in [1.82, 2.24) is 24.1 Å². The molecule has 0 N–H and O–H groups in total. The number of fused-ring (bicyclic) bond motifs is 3. The second-order valence-corrected chi connectivity index (χ2v) is 7.94. The van der Waals surface area contributed by atoms with E-state index < -0.39 is 0 Å². The summed E-state index contributed by atoms with van der Waals surface area (Å²) < 4.78 is 4.32. The zero-order chi connectivity index (χ0) is 18.3. The van der Waals surface area contributed by atoms with Gasteiger partial charge in [0.25, 0.3) is 5.56 Å². The monoisotopic (exact) mass is 387 g/mol. The minimum atomic E-state index is -0.0624. The molecule has 8 heteroatoms. The largest absolute Gasteiger partial charge is 0.291 e. The standard InChI is InChI=1S/C18H18ClN5OS/c1-3-23(10-12-8-9-15(19)26-12)11-16-20-21-18-22(2)17(25)13-6-4-5-7-14(13)24(16)18/h4-9H,3,10-11H2,1-2H3. The maximum absolute atomic E-state index is 12.5. The lowest BCUT2D eigenvalue weighted by molar-refractivity contribution is 0.266. The van der Waals surface area contributed by atoms with Gasteiger partial charge in [-0.15, -0.1) is 21.5 Å². The van der Waals surface area contributed by atoms with E-state index in [2.05, 4.69) is 28.1 Å². The van der Waals surface area contributed by atoms with E-state index in [1.807, 2.05) is 34.7 Å². The summed E-state index contributed by atoms with van der Waals surface area (Å²) in [7, 11) is 1.73. The molecule has 0 aliphatic carbocycles. The van der Waals surface area contributed by atoms with Crippen LogP contribution < -0.4 is 5.56 Å². The summed E-state index contributed by atoms with van der Waals surface area (Å²) in [6.45, 7) is 4.42. The van der Waals surface area contributed by atoms with E-state index in [-0.39, 0.29) is 5.56 Å². The van der Waals surface area contributed by atoms with Gasteiger partial charge in [-0.2, -0.15) is 0 Å². The molecule has 0 saturated heterocycles. The van der Waals surface area contributed by atoms with Gasteiger partial charge in [0.2, 0.25) is 5.78 Å². The summed E-state index contributed by atoms with van der Waals surface area (Å²) in [5.41, 5.74) is 0.772. The normalized spacial score (nSPS) is 11.8. The third-order valence-corrected chi connectivity index (χ3v) is 5.73. The van der Waals surface area contributed by atoms with Gasteiger partial charge in [0.15, 0.2) is 5.82 Å². The molecule has 3 heterocycles. The molecule has 0 saturated carbocycles. The first-order chi connectivity index (χ1) is 12.6. The Morgan fingerprint density at radius 1 is 1.15 bits per heavy atom. The van der Waals surface area contributed by atoms with Crippen LogP contribution in [-0.2, 0) is 20.1 Å². The molecule has 0 spiro atoms. The van der Waals surface area contributed by atoms with E-state index in [1.165, 1.54) is 4.88 Å². The van der Waals surface area contributed by atoms with Crippen molar-refractivity contribution < 1.29 is 0 Å². The van der Waals surface area contributed by atoms with Crippen molar-refractivity contribution >= 4 is 39.6 Å². The summed E-state index contributed by atoms with van der Waals surface area (Å²) >= 11 is 7.64. The third-order valence-electron chi connectivity index (χ3n) is 4.51. The zero-order valence-corrected chi connectivity index (χ0v) is 16.1. The highest BCUT2D eigenvalue weighted by Crippen LogP contribution is 2.23. The van der Waals surface area contributed by atoms with Crippen LogP contribution in [0.15, 0.2) is 41.2 Å². The molecule has 4 rings (SSSR count). The summed E-state index contributed by atoms with van der Waals surface area (Å²) in [6.07, 6.45) is 0. The Balaban J connectivity index is 1.78. The van der Waals surface area contributed by atoms with Crippen LogP contribution in [0.5, 0.6) is 0 Å². The maximum Gasteiger partial charge on any atom is 0.262 e. The molecule has 0 aliphatic heterocycles. The first-order valence-corrected chi connectivity index (χ1v) is 9.56. The van der Waals surface area contributed by atoms with Crippen LogP contribution in [-0.4, -0.2) is 30.6 Å². The highest BCUT2D eigenvalue weighted by atomic mass is 35.5. The summed E-state index contributed by atoms with van der Waals surface area (Å²) in [5.74, 6) is 1.37. The Bertz CT molecular complexity index is 1150. The number of aryl methyl sites for hydroxylation is 1. The molecule has 0 aliphatic rings. The number of hydrogen-bond acceptors (Lipinski definition) is 5. The van der Waals surface area contributed by atoms with Crippen LogP contribution in [0.25, 0.3) is 16.7 Å². The van der Waals surface area contributed by atoms with Crippen LogP contribution in [0.4, 0.5) is 0 Å². The SMILES string of the molecule is CCN(Cc1ccc(Cl)s1)Cc1nnc2n(C)c(=O)c3ccccc3n12. The van der Waals surface area contributed by atoms with Gasteiger partial charge in [0, 0.05) is 18.5 Å². The molecule has 0 fully saturated rings. The second kappa shape index (κ2) is 6.83. The van der Waals surface area contributed by atoms with Gasteiger partial charge in [0.05, 0.1) is 21.8 Å². The van der Waals surface area contributed by atoms with Gasteiger partial charge in [-0.1, -0.05) is 30.7 Å². The molecule has 0 bridgehead atoms. The molecule has 3 aromatic heterocycles. The van der Waals surface area contributed by atoms with Gasteiger partial charge < -0.3 is 0 Å². The molecule has 0 unspecified atom stereocenters. The molecule has 1 aromatic carbocycles. The quantitative estimate of drug-likeness (QED) is 0.527. The van der Waals surface area contributed by atoms with Crippen molar-refractivity contribution in [2.75, 3.05) is 6.54 Å². The topological polar surface area (TPSA) is 55.4 Å². The second-order valence-electron chi connectivity index (χ2n) is 6.14. The van der Waals surface area contributed by atoms with Crippen molar-refractivity contribution in [3.8, 4) is 0 Å². The molecule has 4 aromatic rings. The van der Waals surface area contributed by atoms with Gasteiger partial charge in [-0.05, 0) is 30.8 Å². The van der Waals surface area contributed by atoms with E-state index in [1.54, 1.807) is 23.0 Å². The molecule has 0 radical (unpaired) electrons. The number of aromatic nitrogens is 4. The fraction of sp³-hybridized carbons (Fsp3) is 0.278. The molecule has 6 nitrogen and oxygen atoms in total. The van der Waals surface area contributed by atoms with Gasteiger partial charge in [-0.25, -0.2) is 0 Å². The fourth-order valence-corrected chi connectivity index (χ4v) is 4.26. The minimum Gasteiger partial charge on any atom is -0.291 e. The highest BCUT2D eigenvalue weighted by Gasteiger charge is 2.16. The van der Waals surface area contributed by atoms with E-state index >= 15 is 0 Å². The summed E-state index contributed by atoms with van der Waals surface area (Å²) in [5, 5.41) is 9.29. The molecule has 134 valence electrons. The number of halogens is 1. The predicted octanol–water partition coefficient (Wildman–Crippen LogP) is 3.32. The Morgan fingerprint density at radius 3 is 2.69 bits per heavy atom. The average molecular weight is 388 g/mol. The van der Waals surface area contributed by atoms with Crippen LogP contribution in [0.3, 0.4) is 0 Å². The minimum absolute atomic E-state index is 0.0624. The first-order valence-electron chi connectivity index (χ1n) is 8.36. The first kappa shape index (κ1) is 17.2. The average Bonchev–Trinajstić information content (AvgIpc) is 3.25. The Hall–Kier alpha value is -2.22.